The molecule has 15 heavy (non-hydrogen) atoms. The number of furan rings is 1. The van der Waals surface area contributed by atoms with Gasteiger partial charge in [-0.2, -0.15) is 0 Å². The van der Waals surface area contributed by atoms with Gasteiger partial charge in [-0.15, -0.1) is 0 Å². The normalized spacial score (nSPS) is 31.7. The van der Waals surface area contributed by atoms with Crippen LogP contribution in [0, 0.1) is 12.3 Å². The van der Waals surface area contributed by atoms with Gasteiger partial charge in [-0.3, -0.25) is 0 Å². The van der Waals surface area contributed by atoms with E-state index in [-0.39, 0.29) is 12.0 Å². The van der Waals surface area contributed by atoms with Crippen molar-refractivity contribution in [1.82, 2.24) is 0 Å². The van der Waals surface area contributed by atoms with Crippen molar-refractivity contribution in [2.45, 2.75) is 38.1 Å². The summed E-state index contributed by atoms with van der Waals surface area (Å²) in [4.78, 5) is 0. The van der Waals surface area contributed by atoms with Crippen LogP contribution in [0.3, 0.4) is 0 Å². The highest BCUT2D eigenvalue weighted by atomic mass is 16.3. The summed E-state index contributed by atoms with van der Waals surface area (Å²) in [5, 5.41) is 9.62. The summed E-state index contributed by atoms with van der Waals surface area (Å²) in [6.45, 7) is 1.97. The molecule has 3 N–H and O–H groups in total. The highest BCUT2D eigenvalue weighted by Crippen LogP contribution is 2.62. The Hall–Kier alpha value is -0.800. The zero-order chi connectivity index (χ0) is 10.7. The lowest BCUT2D eigenvalue weighted by atomic mass is 9.69. The Morgan fingerprint density at radius 3 is 2.80 bits per heavy atom. The molecular weight excluding hydrogens is 190 g/mol. The molecule has 3 nitrogen and oxygen atoms in total. The molecule has 0 aromatic carbocycles. The first-order valence-corrected chi connectivity index (χ1v) is 5.61. The van der Waals surface area contributed by atoms with Gasteiger partial charge in [0.05, 0.1) is 12.1 Å². The van der Waals surface area contributed by atoms with Gasteiger partial charge in [0.2, 0.25) is 0 Å². The number of nitrogens with two attached hydrogens (primary N) is 1. The Balaban J connectivity index is 2.15. The Kier molecular flexibility index (Phi) is 1.67. The molecule has 2 aliphatic carbocycles. The van der Waals surface area contributed by atoms with Crippen molar-refractivity contribution >= 4 is 0 Å². The summed E-state index contributed by atoms with van der Waals surface area (Å²) in [6, 6.07) is 2.00. The molecule has 1 saturated carbocycles. The van der Waals surface area contributed by atoms with Gasteiger partial charge < -0.3 is 15.3 Å². The smallest absolute Gasteiger partial charge is 0.109 e. The minimum Gasteiger partial charge on any atom is -0.466 e. The average molecular weight is 207 g/mol. The Morgan fingerprint density at radius 2 is 2.20 bits per heavy atom. The largest absolute Gasteiger partial charge is 0.466 e. The Labute approximate surface area is 89.3 Å². The van der Waals surface area contributed by atoms with Crippen LogP contribution in [0.25, 0.3) is 0 Å². The fraction of sp³-hybridized carbons (Fsp3) is 0.667. The molecule has 82 valence electrons. The SMILES string of the molecule is Cc1cc2c(o1)CCC1(CC1)C2(N)CO. The number of rotatable bonds is 1. The first kappa shape index (κ1) is 9.43. The van der Waals surface area contributed by atoms with Crippen molar-refractivity contribution in [1.29, 1.82) is 0 Å². The third-order valence-electron chi connectivity index (χ3n) is 4.29. The van der Waals surface area contributed by atoms with Gasteiger partial charge in [0.25, 0.3) is 0 Å². The van der Waals surface area contributed by atoms with E-state index in [2.05, 4.69) is 0 Å². The molecule has 1 fully saturated rings. The van der Waals surface area contributed by atoms with E-state index >= 15 is 0 Å². The summed E-state index contributed by atoms with van der Waals surface area (Å²) >= 11 is 0. The predicted octanol–water partition coefficient (Wildman–Crippen LogP) is 1.46. The van der Waals surface area contributed by atoms with Crippen LogP contribution in [0.1, 0.15) is 36.3 Å². The van der Waals surface area contributed by atoms with E-state index in [0.29, 0.717) is 0 Å². The van der Waals surface area contributed by atoms with Crippen molar-refractivity contribution in [3.05, 3.63) is 23.2 Å². The maximum Gasteiger partial charge on any atom is 0.109 e. The second-order valence-corrected chi connectivity index (χ2v) is 5.10. The van der Waals surface area contributed by atoms with Gasteiger partial charge >= 0.3 is 0 Å². The minimum atomic E-state index is -0.557. The maximum atomic E-state index is 9.62. The second kappa shape index (κ2) is 2.66. The van der Waals surface area contributed by atoms with Crippen LogP contribution in [0.2, 0.25) is 0 Å². The number of hydrogen-bond acceptors (Lipinski definition) is 3. The molecule has 0 radical (unpaired) electrons. The number of aliphatic hydroxyl groups excluding tert-OH is 1. The van der Waals surface area contributed by atoms with Crippen LogP contribution < -0.4 is 5.73 Å². The molecule has 1 unspecified atom stereocenters. The van der Waals surface area contributed by atoms with Crippen molar-refractivity contribution in [3.8, 4) is 0 Å². The summed E-state index contributed by atoms with van der Waals surface area (Å²) in [7, 11) is 0. The third kappa shape index (κ3) is 1.02. The zero-order valence-electron chi connectivity index (χ0n) is 9.05. The van der Waals surface area contributed by atoms with Crippen LogP contribution in [-0.2, 0) is 12.0 Å². The summed E-state index contributed by atoms with van der Waals surface area (Å²) in [6.07, 6.45) is 4.33. The molecule has 3 rings (SSSR count). The van der Waals surface area contributed by atoms with Crippen molar-refractivity contribution in [3.63, 3.8) is 0 Å². The van der Waals surface area contributed by atoms with Crippen LogP contribution in [0.4, 0.5) is 0 Å². The molecule has 0 amide bonds. The highest BCUT2D eigenvalue weighted by Gasteiger charge is 2.60. The van der Waals surface area contributed by atoms with Crippen LogP contribution >= 0.6 is 0 Å². The lowest BCUT2D eigenvalue weighted by Gasteiger charge is -2.40. The fourth-order valence-electron chi connectivity index (χ4n) is 3.09. The second-order valence-electron chi connectivity index (χ2n) is 5.10. The van der Waals surface area contributed by atoms with Gasteiger partial charge in [0, 0.05) is 12.0 Å². The maximum absolute atomic E-state index is 9.62. The molecular formula is C12H17NO2. The summed E-state index contributed by atoms with van der Waals surface area (Å²) < 4.78 is 5.63. The molecule has 3 heteroatoms. The summed E-state index contributed by atoms with van der Waals surface area (Å²) in [5.74, 6) is 1.89. The third-order valence-corrected chi connectivity index (χ3v) is 4.29. The number of aliphatic hydroxyl groups is 1. The molecule has 1 aromatic rings. The van der Waals surface area contributed by atoms with E-state index in [9.17, 15) is 5.11 Å². The number of aryl methyl sites for hydroxylation is 2. The molecule has 1 heterocycles. The van der Waals surface area contributed by atoms with E-state index in [0.717, 1.165) is 42.8 Å². The topological polar surface area (TPSA) is 59.4 Å². The molecule has 2 aliphatic rings. The summed E-state index contributed by atoms with van der Waals surface area (Å²) in [5.41, 5.74) is 7.06. The Bertz CT molecular complexity index is 406. The quantitative estimate of drug-likeness (QED) is 0.733. The van der Waals surface area contributed by atoms with Gasteiger partial charge in [-0.05, 0) is 37.7 Å². The minimum absolute atomic E-state index is 0.0268. The van der Waals surface area contributed by atoms with E-state index in [1.54, 1.807) is 0 Å². The van der Waals surface area contributed by atoms with Crippen LogP contribution in [0.15, 0.2) is 10.5 Å². The predicted molar refractivity (Wildman–Crippen MR) is 56.4 cm³/mol. The molecule has 0 aliphatic heterocycles. The first-order chi connectivity index (χ1) is 7.11. The van der Waals surface area contributed by atoms with Gasteiger partial charge in [-0.1, -0.05) is 0 Å². The van der Waals surface area contributed by atoms with Gasteiger partial charge in [0.15, 0.2) is 0 Å². The van der Waals surface area contributed by atoms with Gasteiger partial charge in [-0.25, -0.2) is 0 Å². The molecule has 0 saturated heterocycles. The van der Waals surface area contributed by atoms with Crippen molar-refractivity contribution < 1.29 is 9.52 Å². The van der Waals surface area contributed by atoms with Crippen LogP contribution in [0.5, 0.6) is 0 Å². The number of hydrogen-bond donors (Lipinski definition) is 2. The lowest BCUT2D eigenvalue weighted by Crippen LogP contribution is -2.51. The first-order valence-electron chi connectivity index (χ1n) is 5.61. The lowest BCUT2D eigenvalue weighted by molar-refractivity contribution is 0.104. The van der Waals surface area contributed by atoms with E-state index < -0.39 is 5.54 Å². The molecule has 1 atom stereocenters. The Morgan fingerprint density at radius 1 is 1.47 bits per heavy atom. The molecule has 0 bridgehead atoms. The average Bonchev–Trinajstić information content (AvgIpc) is 2.91. The van der Waals surface area contributed by atoms with Gasteiger partial charge in [0.1, 0.15) is 11.5 Å². The standard InChI is InChI=1S/C12H17NO2/c1-8-6-9-10(15-8)2-3-11(4-5-11)12(9,13)7-14/h6,14H,2-5,7,13H2,1H3. The van der Waals surface area contributed by atoms with E-state index in [4.69, 9.17) is 10.2 Å². The molecule has 1 spiro atoms. The monoisotopic (exact) mass is 207 g/mol. The molecule has 1 aromatic heterocycles. The fourth-order valence-corrected chi connectivity index (χ4v) is 3.09. The van der Waals surface area contributed by atoms with Crippen LogP contribution in [-0.4, -0.2) is 11.7 Å². The zero-order valence-corrected chi connectivity index (χ0v) is 9.05. The number of fused-ring (bicyclic) bond motifs is 1. The van der Waals surface area contributed by atoms with E-state index in [1.807, 2.05) is 13.0 Å². The van der Waals surface area contributed by atoms with E-state index in [1.165, 1.54) is 0 Å². The highest BCUT2D eigenvalue weighted by molar-refractivity contribution is 5.38. The van der Waals surface area contributed by atoms with Crippen molar-refractivity contribution in [2.75, 3.05) is 6.61 Å². The van der Waals surface area contributed by atoms with Crippen molar-refractivity contribution in [2.24, 2.45) is 11.1 Å².